The fraction of sp³-hybridized carbons (Fsp3) is 0.176. The van der Waals surface area contributed by atoms with Crippen LogP contribution in [-0.2, 0) is 22.4 Å². The van der Waals surface area contributed by atoms with E-state index in [2.05, 4.69) is 5.32 Å². The van der Waals surface area contributed by atoms with Crippen molar-refractivity contribution < 1.29 is 27.9 Å². The van der Waals surface area contributed by atoms with E-state index in [-0.39, 0.29) is 18.4 Å². The zero-order valence-electron chi connectivity index (χ0n) is 12.4. The van der Waals surface area contributed by atoms with E-state index in [1.807, 2.05) is 0 Å². The molecule has 0 bridgehead atoms. The SMILES string of the molecule is O=C(Cc1ccc(F)c(F)c1)N[C@H](Cc1cccc(F)c1)C(=O)O. The number of aliphatic carboxylic acids is 1. The predicted octanol–water partition coefficient (Wildman–Crippen LogP) is 2.46. The van der Waals surface area contributed by atoms with Gasteiger partial charge in [-0.25, -0.2) is 18.0 Å². The van der Waals surface area contributed by atoms with Crippen molar-refractivity contribution in [3.05, 3.63) is 71.0 Å². The fourth-order valence-electron chi connectivity index (χ4n) is 2.18. The maximum absolute atomic E-state index is 13.1. The van der Waals surface area contributed by atoms with Crippen LogP contribution in [0, 0.1) is 17.5 Å². The summed E-state index contributed by atoms with van der Waals surface area (Å²) in [6, 6.07) is 7.12. The highest BCUT2D eigenvalue weighted by Gasteiger charge is 2.21. The van der Waals surface area contributed by atoms with E-state index >= 15 is 0 Å². The first-order chi connectivity index (χ1) is 11.3. The Morgan fingerprint density at radius 2 is 1.75 bits per heavy atom. The molecule has 0 unspecified atom stereocenters. The van der Waals surface area contributed by atoms with E-state index in [1.54, 1.807) is 6.07 Å². The first-order valence-electron chi connectivity index (χ1n) is 7.05. The lowest BCUT2D eigenvalue weighted by Crippen LogP contribution is -2.43. The number of amides is 1. The number of hydrogen-bond donors (Lipinski definition) is 2. The third-order valence-electron chi connectivity index (χ3n) is 3.31. The molecule has 7 heteroatoms. The molecule has 0 aliphatic heterocycles. The lowest BCUT2D eigenvalue weighted by molar-refractivity contribution is -0.141. The first kappa shape index (κ1) is 17.5. The van der Waals surface area contributed by atoms with Gasteiger partial charge in [-0.15, -0.1) is 0 Å². The Morgan fingerprint density at radius 3 is 2.38 bits per heavy atom. The Hall–Kier alpha value is -2.83. The van der Waals surface area contributed by atoms with Crippen LogP contribution in [0.3, 0.4) is 0 Å². The summed E-state index contributed by atoms with van der Waals surface area (Å²) in [5.74, 6) is -4.57. The fourth-order valence-corrected chi connectivity index (χ4v) is 2.18. The van der Waals surface area contributed by atoms with E-state index in [4.69, 9.17) is 0 Å². The van der Waals surface area contributed by atoms with Gasteiger partial charge in [-0.2, -0.15) is 0 Å². The summed E-state index contributed by atoms with van der Waals surface area (Å²) < 4.78 is 39.1. The molecule has 0 saturated heterocycles. The molecule has 126 valence electrons. The van der Waals surface area contributed by atoms with E-state index < -0.39 is 35.4 Å². The van der Waals surface area contributed by atoms with Crippen LogP contribution in [0.25, 0.3) is 0 Å². The summed E-state index contributed by atoms with van der Waals surface area (Å²) in [6.45, 7) is 0. The minimum atomic E-state index is -1.28. The normalized spacial score (nSPS) is 11.8. The van der Waals surface area contributed by atoms with Crippen molar-refractivity contribution in [1.29, 1.82) is 0 Å². The van der Waals surface area contributed by atoms with E-state index in [0.29, 0.717) is 5.56 Å². The number of carbonyl (C=O) groups excluding carboxylic acids is 1. The molecule has 2 aromatic rings. The maximum atomic E-state index is 13.1. The maximum Gasteiger partial charge on any atom is 0.326 e. The summed E-state index contributed by atoms with van der Waals surface area (Å²) in [4.78, 5) is 23.2. The van der Waals surface area contributed by atoms with Crippen molar-refractivity contribution in [1.82, 2.24) is 5.32 Å². The monoisotopic (exact) mass is 337 g/mol. The third-order valence-corrected chi connectivity index (χ3v) is 3.31. The minimum absolute atomic E-state index is 0.101. The molecule has 0 aromatic heterocycles. The quantitative estimate of drug-likeness (QED) is 0.851. The van der Waals surface area contributed by atoms with Crippen molar-refractivity contribution in [2.75, 3.05) is 0 Å². The van der Waals surface area contributed by atoms with Crippen molar-refractivity contribution in [3.63, 3.8) is 0 Å². The van der Waals surface area contributed by atoms with Gasteiger partial charge < -0.3 is 10.4 Å². The van der Waals surface area contributed by atoms with Gasteiger partial charge in [0.2, 0.25) is 5.91 Å². The average molecular weight is 337 g/mol. The average Bonchev–Trinajstić information content (AvgIpc) is 2.50. The number of carboxylic acid groups (broad SMARTS) is 1. The molecular formula is C17H14F3NO3. The molecule has 1 amide bonds. The van der Waals surface area contributed by atoms with Crippen molar-refractivity contribution in [3.8, 4) is 0 Å². The van der Waals surface area contributed by atoms with Gasteiger partial charge in [0.15, 0.2) is 11.6 Å². The van der Waals surface area contributed by atoms with Crippen LogP contribution in [0.1, 0.15) is 11.1 Å². The number of halogens is 3. The van der Waals surface area contributed by atoms with Gasteiger partial charge in [0.05, 0.1) is 6.42 Å². The molecule has 24 heavy (non-hydrogen) atoms. The number of rotatable bonds is 6. The molecule has 2 rings (SSSR count). The lowest BCUT2D eigenvalue weighted by atomic mass is 10.1. The number of nitrogens with one attached hydrogen (secondary N) is 1. The molecule has 2 N–H and O–H groups in total. The van der Waals surface area contributed by atoms with Gasteiger partial charge in [-0.1, -0.05) is 18.2 Å². The molecule has 0 radical (unpaired) electrons. The Bertz CT molecular complexity index is 764. The van der Waals surface area contributed by atoms with Crippen LogP contribution >= 0.6 is 0 Å². The molecular weight excluding hydrogens is 323 g/mol. The molecule has 0 saturated carbocycles. The smallest absolute Gasteiger partial charge is 0.326 e. The Labute approximate surface area is 135 Å². The summed E-state index contributed by atoms with van der Waals surface area (Å²) in [6.07, 6.45) is -0.402. The molecule has 1 atom stereocenters. The number of carboxylic acids is 1. The van der Waals surface area contributed by atoms with Crippen LogP contribution in [0.2, 0.25) is 0 Å². The number of carbonyl (C=O) groups is 2. The predicted molar refractivity (Wildman–Crippen MR) is 79.7 cm³/mol. The summed E-state index contributed by atoms with van der Waals surface area (Å²) >= 11 is 0. The van der Waals surface area contributed by atoms with Crippen LogP contribution in [0.15, 0.2) is 42.5 Å². The number of hydrogen-bond acceptors (Lipinski definition) is 2. The van der Waals surface area contributed by atoms with E-state index in [0.717, 1.165) is 12.1 Å². The highest BCUT2D eigenvalue weighted by atomic mass is 19.2. The standard InChI is InChI=1S/C17H14F3NO3/c18-12-3-1-2-10(6-12)8-15(17(23)24)21-16(22)9-11-4-5-13(19)14(20)7-11/h1-7,15H,8-9H2,(H,21,22)(H,23,24)/t15-/m1/s1. The molecule has 2 aromatic carbocycles. The second kappa shape index (κ2) is 7.63. The summed E-state index contributed by atoms with van der Waals surface area (Å²) in [7, 11) is 0. The zero-order valence-corrected chi connectivity index (χ0v) is 12.4. The molecule has 0 heterocycles. The van der Waals surface area contributed by atoms with Gasteiger partial charge in [0.25, 0.3) is 0 Å². The highest BCUT2D eigenvalue weighted by Crippen LogP contribution is 2.10. The second-order valence-electron chi connectivity index (χ2n) is 5.22. The molecule has 0 spiro atoms. The topological polar surface area (TPSA) is 66.4 Å². The largest absolute Gasteiger partial charge is 0.480 e. The van der Waals surface area contributed by atoms with Gasteiger partial charge in [0, 0.05) is 6.42 Å². The molecule has 0 fully saturated rings. The van der Waals surface area contributed by atoms with E-state index in [9.17, 15) is 27.9 Å². The van der Waals surface area contributed by atoms with Gasteiger partial charge in [-0.05, 0) is 35.4 Å². The minimum Gasteiger partial charge on any atom is -0.480 e. The van der Waals surface area contributed by atoms with Crippen LogP contribution < -0.4 is 5.32 Å². The third kappa shape index (κ3) is 4.84. The molecule has 0 aliphatic carbocycles. The van der Waals surface area contributed by atoms with Gasteiger partial charge in [-0.3, -0.25) is 4.79 Å². The Balaban J connectivity index is 2.02. The number of benzene rings is 2. The molecule has 0 aliphatic rings. The van der Waals surface area contributed by atoms with E-state index in [1.165, 1.54) is 24.3 Å². The van der Waals surface area contributed by atoms with Gasteiger partial charge >= 0.3 is 5.97 Å². The highest BCUT2D eigenvalue weighted by molar-refractivity contribution is 5.85. The Kier molecular flexibility index (Phi) is 5.57. The second-order valence-corrected chi connectivity index (χ2v) is 5.22. The lowest BCUT2D eigenvalue weighted by Gasteiger charge is -2.15. The Morgan fingerprint density at radius 1 is 1.00 bits per heavy atom. The summed E-state index contributed by atoms with van der Waals surface area (Å²) in [5, 5.41) is 11.5. The van der Waals surface area contributed by atoms with Gasteiger partial charge in [0.1, 0.15) is 11.9 Å². The van der Waals surface area contributed by atoms with Crippen LogP contribution in [0.5, 0.6) is 0 Å². The van der Waals surface area contributed by atoms with Crippen molar-refractivity contribution in [2.45, 2.75) is 18.9 Å². The zero-order chi connectivity index (χ0) is 17.7. The summed E-state index contributed by atoms with van der Waals surface area (Å²) in [5.41, 5.74) is 0.622. The van der Waals surface area contributed by atoms with Crippen LogP contribution in [-0.4, -0.2) is 23.0 Å². The molecule has 4 nitrogen and oxygen atoms in total. The van der Waals surface area contributed by atoms with Crippen LogP contribution in [0.4, 0.5) is 13.2 Å². The van der Waals surface area contributed by atoms with Crippen molar-refractivity contribution in [2.24, 2.45) is 0 Å². The first-order valence-corrected chi connectivity index (χ1v) is 7.05. The van der Waals surface area contributed by atoms with Crippen molar-refractivity contribution >= 4 is 11.9 Å².